The van der Waals surface area contributed by atoms with Crippen LogP contribution in [0.4, 0.5) is 4.39 Å². The number of imidazole rings is 1. The topological polar surface area (TPSA) is 51.0 Å². The van der Waals surface area contributed by atoms with Crippen LogP contribution < -0.4 is 0 Å². The maximum Gasteiger partial charge on any atom is 0.227 e. The molecule has 3 aromatic rings. The van der Waals surface area contributed by atoms with Crippen molar-refractivity contribution in [3.63, 3.8) is 0 Å². The molecular formula is C19H18ClFN4O. The third-order valence-corrected chi connectivity index (χ3v) is 5.37. The molecule has 1 aliphatic heterocycles. The number of aromatic nitrogens is 3. The predicted molar refractivity (Wildman–Crippen MR) is 97.6 cm³/mol. The first-order valence-corrected chi connectivity index (χ1v) is 8.89. The Morgan fingerprint density at radius 1 is 1.38 bits per heavy atom. The van der Waals surface area contributed by atoms with Crippen molar-refractivity contribution in [1.82, 2.24) is 19.4 Å². The number of aryl methyl sites for hydroxylation is 1. The molecule has 1 atom stereocenters. The molecule has 5 nitrogen and oxygen atoms in total. The van der Waals surface area contributed by atoms with E-state index in [0.29, 0.717) is 13.1 Å². The van der Waals surface area contributed by atoms with E-state index in [1.165, 1.54) is 12.1 Å². The zero-order valence-electron chi connectivity index (χ0n) is 14.3. The summed E-state index contributed by atoms with van der Waals surface area (Å²) in [6.07, 6.45) is 4.33. The first kappa shape index (κ1) is 17.0. The molecule has 0 unspecified atom stereocenters. The lowest BCUT2D eigenvalue weighted by Crippen LogP contribution is -2.30. The Labute approximate surface area is 155 Å². The molecule has 3 heterocycles. The van der Waals surface area contributed by atoms with E-state index in [0.717, 1.165) is 23.3 Å². The van der Waals surface area contributed by atoms with Crippen LogP contribution >= 0.6 is 11.6 Å². The lowest BCUT2D eigenvalue weighted by atomic mass is 10.1. The van der Waals surface area contributed by atoms with E-state index in [2.05, 4.69) is 4.98 Å². The average molecular weight is 373 g/mol. The molecule has 2 aromatic heterocycles. The van der Waals surface area contributed by atoms with Crippen molar-refractivity contribution in [2.45, 2.75) is 18.8 Å². The Balaban J connectivity index is 1.51. The van der Waals surface area contributed by atoms with Crippen molar-refractivity contribution in [3.05, 3.63) is 58.9 Å². The van der Waals surface area contributed by atoms with Gasteiger partial charge in [0.1, 0.15) is 11.6 Å². The van der Waals surface area contributed by atoms with E-state index in [1.54, 1.807) is 23.4 Å². The number of hydrogen-bond donors (Lipinski definition) is 0. The van der Waals surface area contributed by atoms with Crippen LogP contribution in [0.3, 0.4) is 0 Å². The molecular weight excluding hydrogens is 355 g/mol. The quantitative estimate of drug-likeness (QED) is 0.708. The van der Waals surface area contributed by atoms with E-state index in [4.69, 9.17) is 16.6 Å². The maximum absolute atomic E-state index is 13.9. The van der Waals surface area contributed by atoms with Crippen molar-refractivity contribution in [3.8, 4) is 0 Å². The second-order valence-corrected chi connectivity index (χ2v) is 7.00. The summed E-state index contributed by atoms with van der Waals surface area (Å²) in [5.41, 5.74) is 2.14. The Morgan fingerprint density at radius 2 is 2.23 bits per heavy atom. The highest BCUT2D eigenvalue weighted by molar-refractivity contribution is 6.31. The molecule has 1 saturated heterocycles. The number of nitrogens with zero attached hydrogens (tertiary/aromatic N) is 4. The highest BCUT2D eigenvalue weighted by atomic mass is 35.5. The zero-order chi connectivity index (χ0) is 18.3. The fraction of sp³-hybridized carbons (Fsp3) is 0.316. The standard InChI is InChI=1S/C19H18ClFN4O/c1-24-17-10-22-7-5-16(17)23-19(24)12-6-8-25(11-12)18(26)9-13-14(20)3-2-4-15(13)21/h2-5,7,10,12H,6,8-9,11H2,1H3/t12-/m1/s1. The van der Waals surface area contributed by atoms with Crippen molar-refractivity contribution < 1.29 is 9.18 Å². The summed E-state index contributed by atoms with van der Waals surface area (Å²) in [6.45, 7) is 1.21. The second-order valence-electron chi connectivity index (χ2n) is 6.60. The summed E-state index contributed by atoms with van der Waals surface area (Å²) in [5.74, 6) is 0.559. The predicted octanol–water partition coefficient (Wildman–Crippen LogP) is 3.32. The third-order valence-electron chi connectivity index (χ3n) is 5.01. The van der Waals surface area contributed by atoms with Crippen LogP contribution in [0.25, 0.3) is 11.0 Å². The minimum Gasteiger partial charge on any atom is -0.342 e. The molecule has 1 aromatic carbocycles. The molecule has 1 aliphatic rings. The number of benzene rings is 1. The molecule has 0 saturated carbocycles. The van der Waals surface area contributed by atoms with Crippen molar-refractivity contribution in [2.24, 2.45) is 7.05 Å². The summed E-state index contributed by atoms with van der Waals surface area (Å²) in [6, 6.07) is 6.36. The highest BCUT2D eigenvalue weighted by Gasteiger charge is 2.31. The molecule has 134 valence electrons. The van der Waals surface area contributed by atoms with Crippen LogP contribution in [-0.2, 0) is 18.3 Å². The summed E-state index contributed by atoms with van der Waals surface area (Å²) >= 11 is 6.04. The van der Waals surface area contributed by atoms with Crippen LogP contribution in [0.2, 0.25) is 5.02 Å². The number of pyridine rings is 1. The van der Waals surface area contributed by atoms with Gasteiger partial charge in [-0.3, -0.25) is 9.78 Å². The van der Waals surface area contributed by atoms with E-state index in [-0.39, 0.29) is 28.8 Å². The molecule has 0 spiro atoms. The van der Waals surface area contributed by atoms with Gasteiger partial charge in [-0.05, 0) is 24.6 Å². The van der Waals surface area contributed by atoms with Gasteiger partial charge in [0, 0.05) is 42.8 Å². The minimum absolute atomic E-state index is 0.0231. The van der Waals surface area contributed by atoms with Gasteiger partial charge in [-0.1, -0.05) is 17.7 Å². The first-order chi connectivity index (χ1) is 12.5. The molecule has 1 amide bonds. The first-order valence-electron chi connectivity index (χ1n) is 8.51. The van der Waals surface area contributed by atoms with Gasteiger partial charge in [-0.15, -0.1) is 0 Å². The van der Waals surface area contributed by atoms with Gasteiger partial charge < -0.3 is 9.47 Å². The molecule has 4 rings (SSSR count). The largest absolute Gasteiger partial charge is 0.342 e. The SMILES string of the molecule is Cn1c([C@@H]2CCN(C(=O)Cc3c(F)cccc3Cl)C2)nc2ccncc21. The maximum atomic E-state index is 13.9. The van der Waals surface area contributed by atoms with Gasteiger partial charge in [0.2, 0.25) is 5.91 Å². The smallest absolute Gasteiger partial charge is 0.227 e. The zero-order valence-corrected chi connectivity index (χ0v) is 15.1. The number of rotatable bonds is 3. The number of likely N-dealkylation sites (tertiary alicyclic amines) is 1. The van der Waals surface area contributed by atoms with Crippen molar-refractivity contribution in [1.29, 1.82) is 0 Å². The summed E-state index contributed by atoms with van der Waals surface area (Å²) in [7, 11) is 1.97. The van der Waals surface area contributed by atoms with Gasteiger partial charge in [0.25, 0.3) is 0 Å². The number of hydrogen-bond acceptors (Lipinski definition) is 3. The Morgan fingerprint density at radius 3 is 3.00 bits per heavy atom. The van der Waals surface area contributed by atoms with Crippen molar-refractivity contribution >= 4 is 28.5 Å². The second kappa shape index (κ2) is 6.68. The average Bonchev–Trinajstić information content (AvgIpc) is 3.24. The van der Waals surface area contributed by atoms with Gasteiger partial charge in [0.15, 0.2) is 0 Å². The van der Waals surface area contributed by atoms with Crippen LogP contribution in [0.1, 0.15) is 23.7 Å². The molecule has 7 heteroatoms. The summed E-state index contributed by atoms with van der Waals surface area (Å²) in [4.78, 5) is 23.2. The van der Waals surface area contributed by atoms with Crippen LogP contribution in [0.15, 0.2) is 36.7 Å². The van der Waals surface area contributed by atoms with E-state index >= 15 is 0 Å². The van der Waals surface area contributed by atoms with E-state index in [1.807, 2.05) is 17.7 Å². The molecule has 1 fully saturated rings. The molecule has 26 heavy (non-hydrogen) atoms. The van der Waals surface area contributed by atoms with Crippen LogP contribution in [-0.4, -0.2) is 38.4 Å². The summed E-state index contributed by atoms with van der Waals surface area (Å²) in [5, 5.41) is 0.289. The number of carbonyl (C=O) groups excluding carboxylic acids is 1. The van der Waals surface area contributed by atoms with E-state index < -0.39 is 5.82 Å². The minimum atomic E-state index is -0.440. The lowest BCUT2D eigenvalue weighted by molar-refractivity contribution is -0.129. The Hall–Kier alpha value is -2.47. The number of amides is 1. The molecule has 0 radical (unpaired) electrons. The Bertz CT molecular complexity index is 967. The molecule has 0 bridgehead atoms. The third kappa shape index (κ3) is 2.94. The number of carbonyl (C=O) groups is 1. The van der Waals surface area contributed by atoms with Crippen LogP contribution in [0.5, 0.6) is 0 Å². The summed E-state index contributed by atoms with van der Waals surface area (Å²) < 4.78 is 16.0. The highest BCUT2D eigenvalue weighted by Crippen LogP contribution is 2.29. The fourth-order valence-electron chi connectivity index (χ4n) is 3.58. The van der Waals surface area contributed by atoms with Gasteiger partial charge in [0.05, 0.1) is 23.7 Å². The van der Waals surface area contributed by atoms with E-state index in [9.17, 15) is 9.18 Å². The lowest BCUT2D eigenvalue weighted by Gasteiger charge is -2.17. The van der Waals surface area contributed by atoms with Gasteiger partial charge in [-0.25, -0.2) is 9.37 Å². The number of halogens is 2. The molecule has 0 aliphatic carbocycles. The van der Waals surface area contributed by atoms with Gasteiger partial charge in [-0.2, -0.15) is 0 Å². The monoisotopic (exact) mass is 372 g/mol. The molecule has 0 N–H and O–H groups in total. The Kier molecular flexibility index (Phi) is 4.36. The number of fused-ring (bicyclic) bond motifs is 1. The van der Waals surface area contributed by atoms with Crippen LogP contribution in [0, 0.1) is 5.82 Å². The fourth-order valence-corrected chi connectivity index (χ4v) is 3.81. The van der Waals surface area contributed by atoms with Crippen molar-refractivity contribution in [2.75, 3.05) is 13.1 Å². The van der Waals surface area contributed by atoms with Gasteiger partial charge >= 0.3 is 0 Å². The normalized spacial score (nSPS) is 17.2.